The van der Waals surface area contributed by atoms with Crippen molar-refractivity contribution in [2.75, 3.05) is 11.1 Å². The molecular formula is C14H15ClN4O. The SMILES string of the molecule is CC1CCC1C(=O)Nc1cc2cc(Cl)nc(N)c2cn1. The predicted octanol–water partition coefficient (Wildman–Crippen LogP) is 2.85. The Labute approximate surface area is 121 Å². The fraction of sp³-hybridized carbons (Fsp3) is 0.357. The molecule has 0 aliphatic heterocycles. The monoisotopic (exact) mass is 290 g/mol. The molecule has 0 saturated heterocycles. The van der Waals surface area contributed by atoms with Gasteiger partial charge in [0.15, 0.2) is 0 Å². The van der Waals surface area contributed by atoms with Gasteiger partial charge in [-0.2, -0.15) is 0 Å². The number of fused-ring (bicyclic) bond motifs is 1. The van der Waals surface area contributed by atoms with E-state index in [4.69, 9.17) is 17.3 Å². The van der Waals surface area contributed by atoms with Crippen LogP contribution in [0, 0.1) is 11.8 Å². The Bertz CT molecular complexity index is 688. The molecule has 1 saturated carbocycles. The Balaban J connectivity index is 1.87. The van der Waals surface area contributed by atoms with E-state index in [1.165, 1.54) is 0 Å². The zero-order valence-electron chi connectivity index (χ0n) is 11.1. The number of pyridine rings is 2. The summed E-state index contributed by atoms with van der Waals surface area (Å²) in [5.74, 6) is 1.43. The smallest absolute Gasteiger partial charge is 0.228 e. The van der Waals surface area contributed by atoms with Gasteiger partial charge in [-0.05, 0) is 36.3 Å². The van der Waals surface area contributed by atoms with E-state index < -0.39 is 0 Å². The lowest BCUT2D eigenvalue weighted by atomic mass is 9.74. The van der Waals surface area contributed by atoms with Gasteiger partial charge in [0.25, 0.3) is 0 Å². The van der Waals surface area contributed by atoms with Crippen molar-refractivity contribution in [3.63, 3.8) is 0 Å². The number of halogens is 1. The standard InChI is InChI=1S/C14H15ClN4O/c1-7-2-3-9(7)14(20)19-12-5-8-4-11(15)18-13(16)10(8)6-17-12/h4-7,9H,2-3H2,1H3,(H2,16,18)(H,17,19,20). The van der Waals surface area contributed by atoms with Crippen molar-refractivity contribution in [2.45, 2.75) is 19.8 Å². The first-order valence-corrected chi connectivity index (χ1v) is 6.95. The molecule has 20 heavy (non-hydrogen) atoms. The molecule has 0 aromatic carbocycles. The molecule has 1 fully saturated rings. The summed E-state index contributed by atoms with van der Waals surface area (Å²) in [5.41, 5.74) is 5.78. The van der Waals surface area contributed by atoms with Gasteiger partial charge in [-0.15, -0.1) is 0 Å². The van der Waals surface area contributed by atoms with Crippen LogP contribution in [-0.4, -0.2) is 15.9 Å². The number of carbonyl (C=O) groups is 1. The molecule has 3 rings (SSSR count). The Morgan fingerprint density at radius 2 is 2.25 bits per heavy atom. The largest absolute Gasteiger partial charge is 0.383 e. The van der Waals surface area contributed by atoms with E-state index in [0.29, 0.717) is 22.7 Å². The van der Waals surface area contributed by atoms with Gasteiger partial charge in [0, 0.05) is 17.5 Å². The number of anilines is 2. The van der Waals surface area contributed by atoms with Crippen LogP contribution in [0.1, 0.15) is 19.8 Å². The van der Waals surface area contributed by atoms with Crippen molar-refractivity contribution in [1.29, 1.82) is 0 Å². The summed E-state index contributed by atoms with van der Waals surface area (Å²) in [6.07, 6.45) is 3.66. The van der Waals surface area contributed by atoms with Gasteiger partial charge in [0.1, 0.15) is 16.8 Å². The third-order valence-electron chi connectivity index (χ3n) is 3.92. The van der Waals surface area contributed by atoms with E-state index in [1.54, 1.807) is 18.3 Å². The van der Waals surface area contributed by atoms with Crippen molar-refractivity contribution < 1.29 is 4.79 Å². The Hall–Kier alpha value is -1.88. The summed E-state index contributed by atoms with van der Waals surface area (Å²) in [4.78, 5) is 20.2. The maximum atomic E-state index is 12.1. The molecular weight excluding hydrogens is 276 g/mol. The van der Waals surface area contributed by atoms with Crippen molar-refractivity contribution in [2.24, 2.45) is 11.8 Å². The van der Waals surface area contributed by atoms with Gasteiger partial charge >= 0.3 is 0 Å². The van der Waals surface area contributed by atoms with E-state index in [2.05, 4.69) is 22.2 Å². The van der Waals surface area contributed by atoms with Crippen LogP contribution in [0.4, 0.5) is 11.6 Å². The Morgan fingerprint density at radius 3 is 2.90 bits per heavy atom. The number of rotatable bonds is 2. The molecule has 2 heterocycles. The second kappa shape index (κ2) is 4.90. The maximum absolute atomic E-state index is 12.1. The van der Waals surface area contributed by atoms with E-state index in [9.17, 15) is 4.79 Å². The number of nitrogens with two attached hydrogens (primary N) is 1. The lowest BCUT2D eigenvalue weighted by molar-refractivity contribution is -0.124. The number of nitrogen functional groups attached to an aromatic ring is 1. The lowest BCUT2D eigenvalue weighted by Gasteiger charge is -2.32. The van der Waals surface area contributed by atoms with E-state index in [1.807, 2.05) is 0 Å². The number of hydrogen-bond acceptors (Lipinski definition) is 4. The normalized spacial score (nSPS) is 21.5. The van der Waals surface area contributed by atoms with E-state index in [-0.39, 0.29) is 11.8 Å². The molecule has 1 aliphatic rings. The van der Waals surface area contributed by atoms with Crippen molar-refractivity contribution in [1.82, 2.24) is 9.97 Å². The average Bonchev–Trinajstić information content (AvgIpc) is 2.36. The third kappa shape index (κ3) is 2.29. The molecule has 104 valence electrons. The Morgan fingerprint density at radius 1 is 1.45 bits per heavy atom. The molecule has 6 heteroatoms. The minimum Gasteiger partial charge on any atom is -0.383 e. The molecule has 1 amide bonds. The van der Waals surface area contributed by atoms with Gasteiger partial charge in [-0.25, -0.2) is 9.97 Å². The number of nitrogens with one attached hydrogen (secondary N) is 1. The molecule has 2 aromatic heterocycles. The number of aromatic nitrogens is 2. The van der Waals surface area contributed by atoms with Crippen LogP contribution in [-0.2, 0) is 4.79 Å². The summed E-state index contributed by atoms with van der Waals surface area (Å²) in [6, 6.07) is 3.47. The van der Waals surface area contributed by atoms with Crippen LogP contribution in [0.2, 0.25) is 5.15 Å². The first kappa shape index (κ1) is 13.1. The molecule has 3 N–H and O–H groups in total. The second-order valence-corrected chi connectivity index (χ2v) is 5.66. The van der Waals surface area contributed by atoms with Crippen LogP contribution in [0.3, 0.4) is 0 Å². The predicted molar refractivity (Wildman–Crippen MR) is 79.5 cm³/mol. The van der Waals surface area contributed by atoms with Gasteiger partial charge in [0.05, 0.1) is 0 Å². The summed E-state index contributed by atoms with van der Waals surface area (Å²) in [6.45, 7) is 2.09. The quantitative estimate of drug-likeness (QED) is 0.833. The Kier molecular flexibility index (Phi) is 3.22. The summed E-state index contributed by atoms with van der Waals surface area (Å²) >= 11 is 5.88. The lowest BCUT2D eigenvalue weighted by Crippen LogP contribution is -2.35. The van der Waals surface area contributed by atoms with Gasteiger partial charge in [-0.1, -0.05) is 18.5 Å². The fourth-order valence-electron chi connectivity index (χ4n) is 2.48. The van der Waals surface area contributed by atoms with E-state index in [0.717, 1.165) is 23.6 Å². The molecule has 2 atom stereocenters. The molecule has 0 bridgehead atoms. The number of nitrogens with zero attached hydrogens (tertiary/aromatic N) is 2. The highest BCUT2D eigenvalue weighted by molar-refractivity contribution is 6.30. The summed E-state index contributed by atoms with van der Waals surface area (Å²) in [7, 11) is 0. The zero-order chi connectivity index (χ0) is 14.3. The minimum atomic E-state index is 0.0312. The van der Waals surface area contributed by atoms with Crippen LogP contribution in [0.5, 0.6) is 0 Å². The van der Waals surface area contributed by atoms with Crippen LogP contribution in [0.25, 0.3) is 10.8 Å². The van der Waals surface area contributed by atoms with Crippen LogP contribution in [0.15, 0.2) is 18.3 Å². The first-order valence-electron chi connectivity index (χ1n) is 6.57. The van der Waals surface area contributed by atoms with Crippen molar-refractivity contribution in [3.05, 3.63) is 23.5 Å². The third-order valence-corrected chi connectivity index (χ3v) is 4.12. The van der Waals surface area contributed by atoms with Crippen LogP contribution < -0.4 is 11.1 Å². The highest BCUT2D eigenvalue weighted by Gasteiger charge is 2.33. The second-order valence-electron chi connectivity index (χ2n) is 5.27. The zero-order valence-corrected chi connectivity index (χ0v) is 11.8. The summed E-state index contributed by atoms with van der Waals surface area (Å²) < 4.78 is 0. The maximum Gasteiger partial charge on any atom is 0.228 e. The topological polar surface area (TPSA) is 80.9 Å². The van der Waals surface area contributed by atoms with Crippen molar-refractivity contribution >= 4 is 39.9 Å². The van der Waals surface area contributed by atoms with Crippen molar-refractivity contribution in [3.8, 4) is 0 Å². The van der Waals surface area contributed by atoms with Gasteiger partial charge in [-0.3, -0.25) is 4.79 Å². The minimum absolute atomic E-state index is 0.0312. The molecule has 5 nitrogen and oxygen atoms in total. The number of hydrogen-bond donors (Lipinski definition) is 2. The molecule has 0 radical (unpaired) electrons. The average molecular weight is 291 g/mol. The molecule has 0 spiro atoms. The van der Waals surface area contributed by atoms with E-state index >= 15 is 0 Å². The van der Waals surface area contributed by atoms with Gasteiger partial charge < -0.3 is 11.1 Å². The number of amides is 1. The first-order chi connectivity index (χ1) is 9.54. The molecule has 2 aromatic rings. The highest BCUT2D eigenvalue weighted by atomic mass is 35.5. The fourth-order valence-corrected chi connectivity index (χ4v) is 2.69. The summed E-state index contributed by atoms with van der Waals surface area (Å²) in [5, 5.41) is 4.72. The molecule has 1 aliphatic carbocycles. The molecule has 2 unspecified atom stereocenters. The highest BCUT2D eigenvalue weighted by Crippen LogP contribution is 2.34. The van der Waals surface area contributed by atoms with Crippen LogP contribution >= 0.6 is 11.6 Å². The van der Waals surface area contributed by atoms with Gasteiger partial charge in [0.2, 0.25) is 5.91 Å². The number of carbonyl (C=O) groups excluding carboxylic acids is 1.